The molecule has 0 atom stereocenters. The van der Waals surface area contributed by atoms with Crippen LogP contribution in [0.5, 0.6) is 0 Å². The molecule has 0 aliphatic carbocycles. The highest BCUT2D eigenvalue weighted by Crippen LogP contribution is 1.80. The first-order valence-electron chi connectivity index (χ1n) is 4.91. The molecule has 0 bridgehead atoms. The Labute approximate surface area is 111 Å². The third-order valence-electron chi connectivity index (χ3n) is 1.33. The maximum absolute atomic E-state index is 8.35. The van der Waals surface area contributed by atoms with E-state index in [1.54, 1.807) is 0 Å². The largest absolute Gasteiger partial charge is 0.412 e. The van der Waals surface area contributed by atoms with E-state index in [-0.39, 0.29) is 5.48 Å². The van der Waals surface area contributed by atoms with Gasteiger partial charge in [-0.1, -0.05) is 72.8 Å². The number of carbonyl (C=O) groups excluding carboxylic acids is 2. The molecule has 2 rings (SSSR count). The average molecular weight is 260 g/mol. The van der Waals surface area contributed by atoms with E-state index in [1.807, 2.05) is 72.8 Å². The van der Waals surface area contributed by atoms with Crippen molar-refractivity contribution in [1.29, 1.82) is 10.8 Å². The smallest absolute Gasteiger partial charge is 0.231 e. The second-order valence-corrected chi connectivity index (χ2v) is 2.51. The normalized spacial score (nSPS) is 5.89. The van der Waals surface area contributed by atoms with E-state index in [2.05, 4.69) is 0 Å². The van der Waals surface area contributed by atoms with Crippen molar-refractivity contribution in [2.45, 2.75) is 0 Å². The first-order valence-corrected chi connectivity index (χ1v) is 4.91. The lowest BCUT2D eigenvalue weighted by Crippen LogP contribution is -1.47. The molecule has 5 heteroatoms. The first-order chi connectivity index (χ1) is 8.83. The van der Waals surface area contributed by atoms with Crippen LogP contribution in [0.2, 0.25) is 0 Å². The topological polar surface area (TPSA) is 113 Å². The summed E-state index contributed by atoms with van der Waals surface area (Å²) in [5.74, 6) is 0. The monoisotopic (exact) mass is 260 g/mol. The average Bonchev–Trinajstić information content (AvgIpc) is 2.45. The van der Waals surface area contributed by atoms with Gasteiger partial charge in [0.1, 0.15) is 0 Å². The lowest BCUT2D eigenvalue weighted by molar-refractivity contribution is 0.562. The van der Waals surface area contributed by atoms with E-state index in [0.29, 0.717) is 0 Å². The lowest BCUT2D eigenvalue weighted by Gasteiger charge is -1.69. The summed E-state index contributed by atoms with van der Waals surface area (Å²) in [7, 11) is 0. The molecule has 0 aliphatic heterocycles. The minimum Gasteiger partial charge on any atom is -0.412 e. The third kappa shape index (κ3) is 31.3. The van der Waals surface area contributed by atoms with Gasteiger partial charge in [-0.3, -0.25) is 0 Å². The molecule has 0 spiro atoms. The Morgan fingerprint density at radius 2 is 0.526 bits per heavy atom. The molecule has 0 radical (unpaired) electrons. The fourth-order valence-corrected chi connectivity index (χ4v) is 0.770. The molecule has 0 aromatic heterocycles. The Hall–Kier alpha value is -2.84. The van der Waals surface area contributed by atoms with Gasteiger partial charge >= 0.3 is 0 Å². The Morgan fingerprint density at radius 3 is 0.579 bits per heavy atom. The predicted molar refractivity (Wildman–Crippen MR) is 73.3 cm³/mol. The van der Waals surface area contributed by atoms with Crippen LogP contribution in [0.3, 0.4) is 0 Å². The molecule has 0 unspecified atom stereocenters. The van der Waals surface area contributed by atoms with Crippen molar-refractivity contribution in [3.63, 3.8) is 0 Å². The van der Waals surface area contributed by atoms with Gasteiger partial charge in [-0.05, 0) is 0 Å². The molecule has 2 aromatic rings. The van der Waals surface area contributed by atoms with Crippen LogP contribution in [-0.2, 0) is 9.59 Å². The second kappa shape index (κ2) is 24.4. The maximum atomic E-state index is 8.35. The van der Waals surface area contributed by atoms with Crippen molar-refractivity contribution in [2.75, 3.05) is 0 Å². The van der Waals surface area contributed by atoms with Gasteiger partial charge in [0.2, 0.25) is 12.2 Å². The molecule has 100 valence electrons. The molecule has 5 nitrogen and oxygen atoms in total. The Morgan fingerprint density at radius 1 is 0.474 bits per heavy atom. The summed E-state index contributed by atoms with van der Waals surface area (Å²) in [6, 6.07) is 24.0. The Balaban J connectivity index is -0.000000188. The van der Waals surface area contributed by atoms with E-state index in [1.165, 1.54) is 0 Å². The number of nitrogens with one attached hydrogen (secondary N) is 2. The molecule has 0 fully saturated rings. The zero-order valence-corrected chi connectivity index (χ0v) is 10.2. The summed E-state index contributed by atoms with van der Waals surface area (Å²) in [4.78, 5) is 16.7. The van der Waals surface area contributed by atoms with Gasteiger partial charge in [-0.2, -0.15) is 0 Å². The van der Waals surface area contributed by atoms with Crippen molar-refractivity contribution in [1.82, 2.24) is 0 Å². The van der Waals surface area contributed by atoms with Crippen molar-refractivity contribution in [3.05, 3.63) is 72.8 Å². The van der Waals surface area contributed by atoms with Crippen LogP contribution in [0, 0.1) is 10.8 Å². The van der Waals surface area contributed by atoms with Crippen molar-refractivity contribution < 1.29 is 15.1 Å². The van der Waals surface area contributed by atoms with Gasteiger partial charge in [0.25, 0.3) is 0 Å². The van der Waals surface area contributed by atoms with Crippen LogP contribution in [0.1, 0.15) is 0 Å². The summed E-state index contributed by atoms with van der Waals surface area (Å²) in [6.07, 6.45) is 1.50. The Bertz CT molecular complexity index is 324. The third-order valence-corrected chi connectivity index (χ3v) is 1.33. The summed E-state index contributed by atoms with van der Waals surface area (Å²) < 4.78 is 0. The van der Waals surface area contributed by atoms with Gasteiger partial charge < -0.3 is 5.48 Å². The zero-order valence-electron chi connectivity index (χ0n) is 10.2. The predicted octanol–water partition coefficient (Wildman–Crippen LogP) is 2.35. The summed E-state index contributed by atoms with van der Waals surface area (Å²) in [6.45, 7) is 0. The molecule has 0 aliphatic rings. The first kappa shape index (κ1) is 21.4. The van der Waals surface area contributed by atoms with Gasteiger partial charge in [0.05, 0.1) is 0 Å². The second-order valence-electron chi connectivity index (χ2n) is 2.51. The molecule has 0 saturated carbocycles. The fraction of sp³-hybridized carbons (Fsp3) is 0. The van der Waals surface area contributed by atoms with Gasteiger partial charge in [-0.25, -0.2) is 20.4 Å². The van der Waals surface area contributed by atoms with Crippen LogP contribution < -0.4 is 0 Å². The number of rotatable bonds is 0. The van der Waals surface area contributed by atoms with Gasteiger partial charge in [-0.15, -0.1) is 0 Å². The summed E-state index contributed by atoms with van der Waals surface area (Å²) >= 11 is 0. The van der Waals surface area contributed by atoms with E-state index in [0.717, 1.165) is 12.2 Å². The minimum atomic E-state index is 0. The maximum Gasteiger partial charge on any atom is 0.231 e. The van der Waals surface area contributed by atoms with Crippen LogP contribution >= 0.6 is 0 Å². The molecule has 0 heterocycles. The molecular formula is C14H16N2O3. The lowest BCUT2D eigenvalue weighted by atomic mass is 10.4. The van der Waals surface area contributed by atoms with Crippen LogP contribution in [0.4, 0.5) is 0 Å². The highest BCUT2D eigenvalue weighted by molar-refractivity contribution is 5.26. The Kier molecular flexibility index (Phi) is 27.5. The molecular weight excluding hydrogens is 244 g/mol. The van der Waals surface area contributed by atoms with Crippen LogP contribution in [0.15, 0.2) is 72.8 Å². The van der Waals surface area contributed by atoms with Gasteiger partial charge in [0, 0.05) is 0 Å². The SMILES string of the molecule is N=C=O.N=C=O.O.c1ccccc1.c1ccccc1. The van der Waals surface area contributed by atoms with Crippen molar-refractivity contribution >= 4 is 12.2 Å². The highest BCUT2D eigenvalue weighted by Gasteiger charge is 1.58. The number of hydrogen-bond donors (Lipinski definition) is 2. The van der Waals surface area contributed by atoms with Crippen LogP contribution in [-0.4, -0.2) is 17.6 Å². The van der Waals surface area contributed by atoms with E-state index in [9.17, 15) is 0 Å². The summed E-state index contributed by atoms with van der Waals surface area (Å²) in [5.41, 5.74) is 0. The van der Waals surface area contributed by atoms with Crippen molar-refractivity contribution in [3.8, 4) is 0 Å². The number of hydrogen-bond acceptors (Lipinski definition) is 4. The zero-order chi connectivity index (χ0) is 13.9. The van der Waals surface area contributed by atoms with E-state index >= 15 is 0 Å². The van der Waals surface area contributed by atoms with E-state index in [4.69, 9.17) is 20.4 Å². The number of benzene rings is 2. The van der Waals surface area contributed by atoms with Gasteiger partial charge in [0.15, 0.2) is 0 Å². The molecule has 0 amide bonds. The standard InChI is InChI=1S/2C6H6.2CHNO.H2O/c2*1-2-4-6-5-3-1;2*2-1-3;/h2*1-6H;2*2H;1H2. The molecule has 2 aromatic carbocycles. The van der Waals surface area contributed by atoms with Crippen molar-refractivity contribution in [2.24, 2.45) is 0 Å². The highest BCUT2D eigenvalue weighted by atomic mass is 16.1. The molecule has 0 saturated heterocycles. The molecule has 19 heavy (non-hydrogen) atoms. The molecule has 4 N–H and O–H groups in total. The quantitative estimate of drug-likeness (QED) is 0.559. The van der Waals surface area contributed by atoms with E-state index < -0.39 is 0 Å². The van der Waals surface area contributed by atoms with Crippen LogP contribution in [0.25, 0.3) is 0 Å². The fourth-order valence-electron chi connectivity index (χ4n) is 0.770. The number of isocyanates is 2. The summed E-state index contributed by atoms with van der Waals surface area (Å²) in [5, 5.41) is 10.8. The minimum absolute atomic E-state index is 0.